The van der Waals surface area contributed by atoms with Crippen LogP contribution in [0.3, 0.4) is 0 Å². The Morgan fingerprint density at radius 1 is 1.09 bits per heavy atom. The number of nitrogens with zero attached hydrogens (tertiary/aromatic N) is 5. The monoisotopic (exact) mass is 444 g/mol. The van der Waals surface area contributed by atoms with Crippen molar-refractivity contribution >= 4 is 12.2 Å². The van der Waals surface area contributed by atoms with E-state index < -0.39 is 0 Å². The van der Waals surface area contributed by atoms with Gasteiger partial charge in [0.25, 0.3) is 6.47 Å². The number of rotatable bonds is 5. The number of nitrogens with one attached hydrogen (secondary N) is 1. The Bertz CT molecular complexity index is 1290. The van der Waals surface area contributed by atoms with Gasteiger partial charge in [0.2, 0.25) is 5.78 Å². The van der Waals surface area contributed by atoms with Crippen LogP contribution in [0.4, 0.5) is 0 Å². The molecule has 33 heavy (non-hydrogen) atoms. The predicted octanol–water partition coefficient (Wildman–Crippen LogP) is 4.14. The third-order valence-electron chi connectivity index (χ3n) is 6.14. The van der Waals surface area contributed by atoms with Gasteiger partial charge < -0.3 is 10.1 Å². The molecule has 1 aliphatic heterocycles. The van der Waals surface area contributed by atoms with E-state index in [9.17, 15) is 4.79 Å². The van der Waals surface area contributed by atoms with Gasteiger partial charge in [-0.3, -0.25) is 9.20 Å². The molecule has 1 fully saturated rings. The van der Waals surface area contributed by atoms with Crippen LogP contribution >= 0.6 is 0 Å². The molecule has 0 unspecified atom stereocenters. The van der Waals surface area contributed by atoms with Gasteiger partial charge in [0.15, 0.2) is 0 Å². The standard InChI is InChI=1S/C25H28N6O2/c1-24(2)13-17(14-25(3,4)29-24)20-8-11-30-15-21(28-23(30)27-20)19-7-6-18(12-22(19)33-16-32)31-10-5-9-26-31/h5-12,15-17,29H,13-14H2,1-4H3. The molecule has 170 valence electrons. The van der Waals surface area contributed by atoms with Crippen LogP contribution in [0.25, 0.3) is 22.7 Å². The number of benzene rings is 1. The molecule has 0 saturated carbocycles. The molecule has 0 atom stereocenters. The van der Waals surface area contributed by atoms with Crippen LogP contribution in [0.1, 0.15) is 52.1 Å². The minimum absolute atomic E-state index is 0.0399. The number of carbonyl (C=O) groups is 1. The lowest BCUT2D eigenvalue weighted by molar-refractivity contribution is -0.120. The van der Waals surface area contributed by atoms with Gasteiger partial charge in [-0.2, -0.15) is 5.10 Å². The molecule has 1 aromatic carbocycles. The zero-order chi connectivity index (χ0) is 23.2. The second-order valence-corrected chi connectivity index (χ2v) is 10.0. The molecule has 3 aromatic heterocycles. The van der Waals surface area contributed by atoms with Gasteiger partial charge in [0.05, 0.1) is 11.4 Å². The Balaban J connectivity index is 1.51. The van der Waals surface area contributed by atoms with E-state index in [1.54, 1.807) is 16.9 Å². The van der Waals surface area contributed by atoms with Gasteiger partial charge >= 0.3 is 0 Å². The summed E-state index contributed by atoms with van der Waals surface area (Å²) in [5, 5.41) is 7.97. The van der Waals surface area contributed by atoms with Crippen molar-refractivity contribution in [3.63, 3.8) is 0 Å². The van der Waals surface area contributed by atoms with Crippen molar-refractivity contribution in [3.05, 3.63) is 60.8 Å². The number of carbonyl (C=O) groups excluding carboxylic acids is 1. The number of hydrogen-bond acceptors (Lipinski definition) is 6. The van der Waals surface area contributed by atoms with Gasteiger partial charge in [-0.05, 0) is 64.8 Å². The normalized spacial score (nSPS) is 17.8. The molecule has 5 rings (SSSR count). The van der Waals surface area contributed by atoms with Crippen LogP contribution in [0.15, 0.2) is 55.1 Å². The summed E-state index contributed by atoms with van der Waals surface area (Å²) in [6, 6.07) is 9.51. The topological polar surface area (TPSA) is 86.3 Å². The van der Waals surface area contributed by atoms with Crippen molar-refractivity contribution in [3.8, 4) is 22.7 Å². The molecule has 1 N–H and O–H groups in total. The van der Waals surface area contributed by atoms with Gasteiger partial charge in [-0.25, -0.2) is 14.6 Å². The molecule has 0 spiro atoms. The zero-order valence-electron chi connectivity index (χ0n) is 19.3. The number of piperidine rings is 1. The number of aromatic nitrogens is 5. The Morgan fingerprint density at radius 2 is 1.88 bits per heavy atom. The molecule has 0 aliphatic carbocycles. The molecule has 0 radical (unpaired) electrons. The number of ether oxygens (including phenoxy) is 1. The summed E-state index contributed by atoms with van der Waals surface area (Å²) in [6.07, 6.45) is 9.47. The maximum Gasteiger partial charge on any atom is 0.298 e. The summed E-state index contributed by atoms with van der Waals surface area (Å²) in [6.45, 7) is 9.41. The zero-order valence-corrected chi connectivity index (χ0v) is 19.3. The van der Waals surface area contributed by atoms with E-state index in [0.717, 1.165) is 24.2 Å². The lowest BCUT2D eigenvalue weighted by Crippen LogP contribution is -2.57. The summed E-state index contributed by atoms with van der Waals surface area (Å²) >= 11 is 0. The van der Waals surface area contributed by atoms with E-state index in [0.29, 0.717) is 35.2 Å². The first-order chi connectivity index (χ1) is 15.7. The lowest BCUT2D eigenvalue weighted by Gasteiger charge is -2.46. The average molecular weight is 445 g/mol. The van der Waals surface area contributed by atoms with Crippen LogP contribution in [0, 0.1) is 0 Å². The summed E-state index contributed by atoms with van der Waals surface area (Å²) in [4.78, 5) is 20.8. The Morgan fingerprint density at radius 3 is 2.58 bits per heavy atom. The highest BCUT2D eigenvalue weighted by molar-refractivity contribution is 5.72. The van der Waals surface area contributed by atoms with Crippen LogP contribution in [-0.2, 0) is 4.79 Å². The van der Waals surface area contributed by atoms with E-state index >= 15 is 0 Å². The number of hydrogen-bond donors (Lipinski definition) is 1. The number of imidazole rings is 1. The quantitative estimate of drug-likeness (QED) is 0.466. The summed E-state index contributed by atoms with van der Waals surface area (Å²) < 4.78 is 8.91. The molecule has 0 bridgehead atoms. The molecule has 8 heteroatoms. The van der Waals surface area contributed by atoms with Crippen LogP contribution < -0.4 is 10.1 Å². The first kappa shape index (κ1) is 21.3. The summed E-state index contributed by atoms with van der Waals surface area (Å²) in [5.41, 5.74) is 3.33. The second-order valence-electron chi connectivity index (χ2n) is 10.0. The lowest BCUT2D eigenvalue weighted by atomic mass is 9.74. The highest BCUT2D eigenvalue weighted by atomic mass is 16.5. The number of fused-ring (bicyclic) bond motifs is 1. The van der Waals surface area contributed by atoms with E-state index in [4.69, 9.17) is 14.7 Å². The van der Waals surface area contributed by atoms with Crippen LogP contribution in [0.5, 0.6) is 5.75 Å². The fourth-order valence-corrected chi connectivity index (χ4v) is 5.21. The molecular weight excluding hydrogens is 416 g/mol. The molecule has 1 saturated heterocycles. The second kappa shape index (κ2) is 7.81. The van der Waals surface area contributed by atoms with Gasteiger partial charge in [-0.1, -0.05) is 0 Å². The van der Waals surface area contributed by atoms with Crippen molar-refractivity contribution in [1.29, 1.82) is 0 Å². The van der Waals surface area contributed by atoms with Crippen LogP contribution in [0.2, 0.25) is 0 Å². The third-order valence-corrected chi connectivity index (χ3v) is 6.14. The van der Waals surface area contributed by atoms with Crippen molar-refractivity contribution in [2.45, 2.75) is 57.5 Å². The maximum atomic E-state index is 11.2. The summed E-state index contributed by atoms with van der Waals surface area (Å²) in [5.74, 6) is 1.40. The predicted molar refractivity (Wildman–Crippen MR) is 126 cm³/mol. The van der Waals surface area contributed by atoms with E-state index in [2.05, 4.69) is 44.2 Å². The molecule has 1 aliphatic rings. The van der Waals surface area contributed by atoms with Gasteiger partial charge in [0, 0.05) is 59.1 Å². The Hall–Kier alpha value is -3.52. The largest absolute Gasteiger partial charge is 0.428 e. The Labute approximate surface area is 192 Å². The van der Waals surface area contributed by atoms with Gasteiger partial charge in [0.1, 0.15) is 5.75 Å². The fraction of sp³-hybridized carbons (Fsp3) is 0.360. The minimum atomic E-state index is 0.0399. The van der Waals surface area contributed by atoms with Crippen molar-refractivity contribution in [1.82, 2.24) is 29.5 Å². The van der Waals surface area contributed by atoms with Crippen LogP contribution in [-0.4, -0.2) is 41.7 Å². The van der Waals surface area contributed by atoms with E-state index in [1.165, 1.54) is 0 Å². The molecule has 4 heterocycles. The highest BCUT2D eigenvalue weighted by Gasteiger charge is 2.38. The Kier molecular flexibility index (Phi) is 5.05. The molecule has 0 amide bonds. The maximum absolute atomic E-state index is 11.2. The van der Waals surface area contributed by atoms with Gasteiger partial charge in [-0.15, -0.1) is 0 Å². The van der Waals surface area contributed by atoms with Crippen molar-refractivity contribution < 1.29 is 9.53 Å². The average Bonchev–Trinajstić information content (AvgIpc) is 3.41. The minimum Gasteiger partial charge on any atom is -0.428 e. The summed E-state index contributed by atoms with van der Waals surface area (Å²) in [7, 11) is 0. The van der Waals surface area contributed by atoms with Crippen molar-refractivity contribution in [2.75, 3.05) is 0 Å². The van der Waals surface area contributed by atoms with E-state index in [-0.39, 0.29) is 11.1 Å². The van der Waals surface area contributed by atoms with E-state index in [1.807, 2.05) is 41.2 Å². The first-order valence-electron chi connectivity index (χ1n) is 11.1. The smallest absolute Gasteiger partial charge is 0.298 e. The van der Waals surface area contributed by atoms with Crippen molar-refractivity contribution in [2.24, 2.45) is 0 Å². The third kappa shape index (κ3) is 4.26. The highest BCUT2D eigenvalue weighted by Crippen LogP contribution is 2.38. The molecule has 8 nitrogen and oxygen atoms in total. The first-order valence-corrected chi connectivity index (χ1v) is 11.1. The molecule has 4 aromatic rings. The SMILES string of the molecule is CC1(C)CC(c2ccn3cc(-c4ccc(-n5cccn5)cc4OC=O)nc3n2)CC(C)(C)N1. The fourth-order valence-electron chi connectivity index (χ4n) is 5.21. The molecular formula is C25H28N6O2.